The number of para-hydroxylation sites is 1. The molecule has 0 aliphatic heterocycles. The van der Waals surface area contributed by atoms with Crippen LogP contribution in [0.5, 0.6) is 5.75 Å². The standard InChI is InChI=1S/C8H8O3.Na.H/c9-7-4-2-1-3-6(7)5-8(10)11;;/h1-4,9H,5H2,(H,10,11);;/q;+1;-1. The molecule has 3 nitrogen and oxygen atoms in total. The van der Waals surface area contributed by atoms with Gasteiger partial charge in [-0.3, -0.25) is 4.79 Å². The van der Waals surface area contributed by atoms with Gasteiger partial charge in [-0.05, 0) is 6.07 Å². The molecule has 0 radical (unpaired) electrons. The molecule has 0 atom stereocenters. The molecule has 2 N–H and O–H groups in total. The number of carboxylic acid groups (broad SMARTS) is 1. The second-order valence-corrected chi connectivity index (χ2v) is 2.20. The minimum atomic E-state index is -0.938. The summed E-state index contributed by atoms with van der Waals surface area (Å²) in [5.41, 5.74) is 0.444. The van der Waals surface area contributed by atoms with Crippen molar-refractivity contribution in [3.05, 3.63) is 29.8 Å². The summed E-state index contributed by atoms with van der Waals surface area (Å²) in [7, 11) is 0. The topological polar surface area (TPSA) is 57.5 Å². The summed E-state index contributed by atoms with van der Waals surface area (Å²) in [6, 6.07) is 6.40. The van der Waals surface area contributed by atoms with Crippen LogP contribution >= 0.6 is 0 Å². The van der Waals surface area contributed by atoms with Crippen LogP contribution in [0, 0.1) is 0 Å². The van der Waals surface area contributed by atoms with Crippen LogP contribution in [0.3, 0.4) is 0 Å². The van der Waals surface area contributed by atoms with Crippen molar-refractivity contribution in [2.45, 2.75) is 6.42 Å². The summed E-state index contributed by atoms with van der Waals surface area (Å²) in [6.07, 6.45) is -0.132. The van der Waals surface area contributed by atoms with Gasteiger partial charge in [-0.25, -0.2) is 0 Å². The van der Waals surface area contributed by atoms with E-state index in [0.29, 0.717) is 5.56 Å². The number of phenolic OH excluding ortho intramolecular Hbond substituents is 1. The van der Waals surface area contributed by atoms with E-state index >= 15 is 0 Å². The van der Waals surface area contributed by atoms with Crippen LogP contribution in [-0.4, -0.2) is 16.2 Å². The number of benzene rings is 1. The van der Waals surface area contributed by atoms with Gasteiger partial charge in [-0.2, -0.15) is 0 Å². The maximum atomic E-state index is 10.2. The molecule has 60 valence electrons. The molecule has 4 heteroatoms. The van der Waals surface area contributed by atoms with Gasteiger partial charge in [0.25, 0.3) is 0 Å². The molecular formula is C8H9NaO3. The average Bonchev–Trinajstić information content (AvgIpc) is 1.93. The van der Waals surface area contributed by atoms with Crippen LogP contribution in [0.2, 0.25) is 0 Å². The van der Waals surface area contributed by atoms with E-state index in [2.05, 4.69) is 0 Å². The van der Waals surface area contributed by atoms with Gasteiger partial charge < -0.3 is 11.6 Å². The second kappa shape index (κ2) is 5.19. The summed E-state index contributed by atoms with van der Waals surface area (Å²) in [4.78, 5) is 10.2. The predicted octanol–water partition coefficient (Wildman–Crippen LogP) is -1.86. The molecule has 0 heterocycles. The fraction of sp³-hybridized carbons (Fsp3) is 0.125. The van der Waals surface area contributed by atoms with Gasteiger partial charge in [0.1, 0.15) is 5.75 Å². The van der Waals surface area contributed by atoms with Crippen LogP contribution in [0.25, 0.3) is 0 Å². The first-order chi connectivity index (χ1) is 5.20. The Kier molecular flexibility index (Phi) is 4.97. The summed E-state index contributed by atoms with van der Waals surface area (Å²) in [5, 5.41) is 17.5. The minimum Gasteiger partial charge on any atom is -1.00 e. The Balaban J connectivity index is 0. The predicted molar refractivity (Wildman–Crippen MR) is 40.6 cm³/mol. The van der Waals surface area contributed by atoms with Crippen LogP contribution < -0.4 is 29.6 Å². The molecule has 0 saturated heterocycles. The van der Waals surface area contributed by atoms with Gasteiger partial charge in [0.05, 0.1) is 6.42 Å². The summed E-state index contributed by atoms with van der Waals surface area (Å²) in [5.74, 6) is -0.901. The molecule has 0 aromatic heterocycles. The van der Waals surface area contributed by atoms with E-state index < -0.39 is 5.97 Å². The zero-order valence-electron chi connectivity index (χ0n) is 7.82. The molecule has 0 aliphatic rings. The molecule has 0 saturated carbocycles. The largest absolute Gasteiger partial charge is 1.00 e. The summed E-state index contributed by atoms with van der Waals surface area (Å²) in [6.45, 7) is 0. The summed E-state index contributed by atoms with van der Waals surface area (Å²) >= 11 is 0. The van der Waals surface area contributed by atoms with Gasteiger partial charge in [0.2, 0.25) is 0 Å². The Hall–Kier alpha value is -0.510. The van der Waals surface area contributed by atoms with Crippen molar-refractivity contribution < 1.29 is 46.0 Å². The maximum Gasteiger partial charge on any atom is 1.00 e. The first-order valence-electron chi connectivity index (χ1n) is 3.19. The fourth-order valence-corrected chi connectivity index (χ4v) is 0.823. The van der Waals surface area contributed by atoms with E-state index in [0.717, 1.165) is 0 Å². The van der Waals surface area contributed by atoms with Crippen LogP contribution in [0.15, 0.2) is 24.3 Å². The zero-order valence-corrected chi connectivity index (χ0v) is 8.82. The quantitative estimate of drug-likeness (QED) is 0.519. The average molecular weight is 176 g/mol. The molecule has 0 unspecified atom stereocenters. The number of hydrogen-bond donors (Lipinski definition) is 2. The number of phenols is 1. The SMILES string of the molecule is O=C(O)Cc1ccccc1O.[H-].[Na+]. The molecule has 1 aromatic rings. The van der Waals surface area contributed by atoms with Crippen molar-refractivity contribution in [3.8, 4) is 5.75 Å². The van der Waals surface area contributed by atoms with E-state index in [1.54, 1.807) is 18.2 Å². The van der Waals surface area contributed by atoms with Gasteiger partial charge >= 0.3 is 35.5 Å². The molecule has 1 aromatic carbocycles. The molecule has 0 aliphatic carbocycles. The van der Waals surface area contributed by atoms with E-state index in [-0.39, 0.29) is 43.2 Å². The Morgan fingerprint density at radius 3 is 2.50 bits per heavy atom. The van der Waals surface area contributed by atoms with E-state index in [1.807, 2.05) is 0 Å². The number of aliphatic carboxylic acids is 1. The number of aromatic hydroxyl groups is 1. The number of carboxylic acids is 1. The van der Waals surface area contributed by atoms with Gasteiger partial charge in [0.15, 0.2) is 0 Å². The second-order valence-electron chi connectivity index (χ2n) is 2.20. The third kappa shape index (κ3) is 3.26. The molecule has 12 heavy (non-hydrogen) atoms. The smallest absolute Gasteiger partial charge is 1.00 e. The Bertz CT molecular complexity index is 278. The van der Waals surface area contributed by atoms with Gasteiger partial charge in [-0.15, -0.1) is 0 Å². The van der Waals surface area contributed by atoms with E-state index in [1.165, 1.54) is 6.07 Å². The number of hydrogen-bond acceptors (Lipinski definition) is 2. The molecule has 1 rings (SSSR count). The first-order valence-corrected chi connectivity index (χ1v) is 3.19. The fourth-order valence-electron chi connectivity index (χ4n) is 0.823. The van der Waals surface area contributed by atoms with Crippen LogP contribution in [0.4, 0.5) is 0 Å². The normalized spacial score (nSPS) is 8.67. The Morgan fingerprint density at radius 2 is 2.00 bits per heavy atom. The zero-order chi connectivity index (χ0) is 8.27. The van der Waals surface area contributed by atoms with Gasteiger partial charge in [0, 0.05) is 5.56 Å². The Morgan fingerprint density at radius 1 is 1.42 bits per heavy atom. The third-order valence-corrected chi connectivity index (χ3v) is 1.33. The van der Waals surface area contributed by atoms with Crippen molar-refractivity contribution in [3.63, 3.8) is 0 Å². The number of rotatable bonds is 2. The molecule has 0 spiro atoms. The maximum absolute atomic E-state index is 10.2. The molecule has 0 amide bonds. The van der Waals surface area contributed by atoms with Crippen molar-refractivity contribution in [1.82, 2.24) is 0 Å². The van der Waals surface area contributed by atoms with Gasteiger partial charge in [-0.1, -0.05) is 18.2 Å². The molecular weight excluding hydrogens is 167 g/mol. The number of carbonyl (C=O) groups is 1. The molecule has 0 bridgehead atoms. The van der Waals surface area contributed by atoms with E-state index in [4.69, 9.17) is 10.2 Å². The van der Waals surface area contributed by atoms with Crippen molar-refractivity contribution >= 4 is 5.97 Å². The van der Waals surface area contributed by atoms with E-state index in [9.17, 15) is 4.79 Å². The van der Waals surface area contributed by atoms with Crippen molar-refractivity contribution in [2.75, 3.05) is 0 Å². The van der Waals surface area contributed by atoms with Crippen molar-refractivity contribution in [2.24, 2.45) is 0 Å². The van der Waals surface area contributed by atoms with Crippen LogP contribution in [0.1, 0.15) is 6.99 Å². The Labute approximate surface area is 93.8 Å². The molecule has 0 fully saturated rings. The monoisotopic (exact) mass is 176 g/mol. The summed E-state index contributed by atoms with van der Waals surface area (Å²) < 4.78 is 0. The minimum absolute atomic E-state index is 0. The first kappa shape index (κ1) is 11.5. The van der Waals surface area contributed by atoms with Crippen LogP contribution in [-0.2, 0) is 11.2 Å². The third-order valence-electron chi connectivity index (χ3n) is 1.33. The van der Waals surface area contributed by atoms with Crippen molar-refractivity contribution in [1.29, 1.82) is 0 Å².